The Morgan fingerprint density at radius 2 is 2.12 bits per heavy atom. The van der Waals surface area contributed by atoms with Crippen molar-refractivity contribution < 1.29 is 14.3 Å². The van der Waals surface area contributed by atoms with Gasteiger partial charge < -0.3 is 19.8 Å². The van der Waals surface area contributed by atoms with Crippen LogP contribution in [0.2, 0.25) is 0 Å². The number of hydrogen-bond acceptors (Lipinski definition) is 6. The molecule has 3 aromatic rings. The molecule has 1 aromatic carbocycles. The van der Waals surface area contributed by atoms with Gasteiger partial charge >= 0.3 is 0 Å². The number of aromatic amines is 1. The van der Waals surface area contributed by atoms with Gasteiger partial charge in [-0.2, -0.15) is 0 Å². The molecule has 2 aromatic heterocycles. The molecule has 0 unspecified atom stereocenters. The summed E-state index contributed by atoms with van der Waals surface area (Å²) in [4.78, 5) is 32.7. The van der Waals surface area contributed by atoms with E-state index in [-0.39, 0.29) is 18.3 Å². The second-order valence-electron chi connectivity index (χ2n) is 5.76. The maximum Gasteiger partial charge on any atom is 0.261 e. The van der Waals surface area contributed by atoms with Gasteiger partial charge in [-0.05, 0) is 37.1 Å². The average Bonchev–Trinajstić information content (AvgIpc) is 3.16. The van der Waals surface area contributed by atoms with E-state index >= 15 is 0 Å². The second kappa shape index (κ2) is 5.89. The van der Waals surface area contributed by atoms with Crippen molar-refractivity contribution in [2.24, 2.45) is 0 Å². The van der Waals surface area contributed by atoms with Crippen LogP contribution in [-0.4, -0.2) is 22.7 Å². The number of nitrogens with one attached hydrogen (secondary N) is 2. The van der Waals surface area contributed by atoms with Crippen molar-refractivity contribution >= 4 is 27.5 Å². The van der Waals surface area contributed by atoms with E-state index in [9.17, 15) is 9.59 Å². The maximum atomic E-state index is 12.5. The lowest BCUT2D eigenvalue weighted by Gasteiger charge is -2.05. The number of carbonyl (C=O) groups excluding carboxylic acids is 1. The van der Waals surface area contributed by atoms with Gasteiger partial charge in [-0.25, -0.2) is 4.98 Å². The summed E-state index contributed by atoms with van der Waals surface area (Å²) >= 11 is 1.23. The molecule has 0 atom stereocenters. The minimum atomic E-state index is -0.227. The molecule has 128 valence electrons. The van der Waals surface area contributed by atoms with Crippen LogP contribution in [0.15, 0.2) is 23.0 Å². The van der Waals surface area contributed by atoms with Crippen LogP contribution in [-0.2, 0) is 6.54 Å². The molecule has 0 spiro atoms. The molecule has 0 saturated carbocycles. The minimum absolute atomic E-state index is 0.215. The lowest BCUT2D eigenvalue weighted by atomic mass is 10.2. The van der Waals surface area contributed by atoms with Gasteiger partial charge in [-0.15, -0.1) is 11.3 Å². The average molecular weight is 357 g/mol. The number of thiophene rings is 1. The first-order valence-corrected chi connectivity index (χ1v) is 8.51. The van der Waals surface area contributed by atoms with Crippen molar-refractivity contribution in [3.8, 4) is 11.5 Å². The number of carbonyl (C=O) groups is 1. The number of fused-ring (bicyclic) bond motifs is 2. The Hall–Kier alpha value is -2.87. The minimum Gasteiger partial charge on any atom is -0.454 e. The van der Waals surface area contributed by atoms with E-state index in [1.165, 1.54) is 11.3 Å². The van der Waals surface area contributed by atoms with Gasteiger partial charge in [0.15, 0.2) is 11.5 Å². The molecule has 1 aliphatic heterocycles. The van der Waals surface area contributed by atoms with Crippen LogP contribution in [0.5, 0.6) is 11.5 Å². The number of rotatable bonds is 3. The molecule has 0 fully saturated rings. The normalized spacial score (nSPS) is 12.6. The molecule has 0 radical (unpaired) electrons. The summed E-state index contributed by atoms with van der Waals surface area (Å²) in [6, 6.07) is 5.54. The number of ether oxygens (including phenoxy) is 2. The van der Waals surface area contributed by atoms with Crippen molar-refractivity contribution in [2.45, 2.75) is 20.4 Å². The fourth-order valence-corrected chi connectivity index (χ4v) is 3.93. The quantitative estimate of drug-likeness (QED) is 0.750. The number of hydrogen-bond donors (Lipinski definition) is 2. The Bertz CT molecular complexity index is 1050. The Morgan fingerprint density at radius 1 is 1.32 bits per heavy atom. The molecule has 1 aliphatic rings. The predicted octanol–water partition coefficient (Wildman–Crippen LogP) is 2.26. The summed E-state index contributed by atoms with van der Waals surface area (Å²) in [6.45, 7) is 4.05. The number of aromatic nitrogens is 2. The highest BCUT2D eigenvalue weighted by Gasteiger charge is 2.19. The molecule has 0 saturated heterocycles. The largest absolute Gasteiger partial charge is 0.454 e. The van der Waals surface area contributed by atoms with E-state index in [1.54, 1.807) is 13.8 Å². The van der Waals surface area contributed by atoms with Gasteiger partial charge in [0.2, 0.25) is 6.79 Å². The molecule has 3 heterocycles. The zero-order valence-electron chi connectivity index (χ0n) is 13.6. The fourth-order valence-electron chi connectivity index (χ4n) is 2.78. The van der Waals surface area contributed by atoms with Crippen molar-refractivity contribution in [1.29, 1.82) is 0 Å². The van der Waals surface area contributed by atoms with E-state index in [4.69, 9.17) is 9.47 Å². The van der Waals surface area contributed by atoms with E-state index in [2.05, 4.69) is 15.3 Å². The summed E-state index contributed by atoms with van der Waals surface area (Å²) in [7, 11) is 0. The molecule has 2 N–H and O–H groups in total. The number of nitrogens with zero attached hydrogens (tertiary/aromatic N) is 1. The Balaban J connectivity index is 1.57. The van der Waals surface area contributed by atoms with Crippen LogP contribution in [0.25, 0.3) is 10.2 Å². The fraction of sp³-hybridized carbons (Fsp3) is 0.235. The Kier molecular flexibility index (Phi) is 3.69. The summed E-state index contributed by atoms with van der Waals surface area (Å²) in [5, 5.41) is 3.35. The van der Waals surface area contributed by atoms with Crippen molar-refractivity contribution in [3.63, 3.8) is 0 Å². The molecule has 7 nitrogen and oxygen atoms in total. The van der Waals surface area contributed by atoms with Gasteiger partial charge in [0, 0.05) is 6.54 Å². The molecule has 0 bridgehead atoms. The van der Waals surface area contributed by atoms with Gasteiger partial charge in [0.1, 0.15) is 10.7 Å². The third-order valence-corrected chi connectivity index (χ3v) is 5.20. The molecular weight excluding hydrogens is 342 g/mol. The van der Waals surface area contributed by atoms with Gasteiger partial charge in [-0.3, -0.25) is 9.59 Å². The van der Waals surface area contributed by atoms with Crippen LogP contribution in [0.4, 0.5) is 0 Å². The van der Waals surface area contributed by atoms with Crippen LogP contribution >= 0.6 is 11.3 Å². The molecule has 8 heteroatoms. The van der Waals surface area contributed by atoms with Gasteiger partial charge in [-0.1, -0.05) is 6.07 Å². The highest BCUT2D eigenvalue weighted by Crippen LogP contribution is 2.32. The highest BCUT2D eigenvalue weighted by atomic mass is 32.1. The first kappa shape index (κ1) is 15.6. The number of aryl methyl sites for hydroxylation is 2. The topological polar surface area (TPSA) is 93.3 Å². The molecule has 4 rings (SSSR count). The predicted molar refractivity (Wildman–Crippen MR) is 93.4 cm³/mol. The Morgan fingerprint density at radius 3 is 2.96 bits per heavy atom. The van der Waals surface area contributed by atoms with Crippen molar-refractivity contribution in [1.82, 2.24) is 15.3 Å². The molecular formula is C17H15N3O4S. The Labute approximate surface area is 146 Å². The molecule has 0 aliphatic carbocycles. The summed E-state index contributed by atoms with van der Waals surface area (Å²) in [5.41, 5.74) is 1.34. The first-order valence-electron chi connectivity index (χ1n) is 7.69. The van der Waals surface area contributed by atoms with Crippen LogP contribution in [0.3, 0.4) is 0 Å². The second-order valence-corrected chi connectivity index (χ2v) is 6.76. The van der Waals surface area contributed by atoms with Crippen LogP contribution in [0.1, 0.15) is 26.6 Å². The smallest absolute Gasteiger partial charge is 0.261 e. The van der Waals surface area contributed by atoms with Gasteiger partial charge in [0.25, 0.3) is 11.5 Å². The SMILES string of the molecule is Cc1nc2sc(C(=O)NCc3ccc4c(c3)OCO4)c(C)c2c(=O)[nH]1. The standard InChI is InChI=1S/C17H15N3O4S/c1-8-13-15(21)19-9(2)20-17(13)25-14(8)16(22)18-6-10-3-4-11-12(5-10)24-7-23-11/h3-5H,6-7H2,1-2H3,(H,18,22)(H,19,20,21). The lowest BCUT2D eigenvalue weighted by molar-refractivity contribution is 0.0954. The summed E-state index contributed by atoms with van der Waals surface area (Å²) < 4.78 is 10.6. The van der Waals surface area contributed by atoms with Crippen molar-refractivity contribution in [3.05, 3.63) is 50.4 Å². The van der Waals surface area contributed by atoms with Crippen LogP contribution < -0.4 is 20.3 Å². The van der Waals surface area contributed by atoms with E-state index < -0.39 is 0 Å². The van der Waals surface area contributed by atoms with Crippen LogP contribution in [0, 0.1) is 13.8 Å². The zero-order chi connectivity index (χ0) is 17.6. The monoisotopic (exact) mass is 357 g/mol. The lowest BCUT2D eigenvalue weighted by Crippen LogP contribution is -2.22. The van der Waals surface area contributed by atoms with E-state index in [0.29, 0.717) is 44.5 Å². The van der Waals surface area contributed by atoms with Crippen molar-refractivity contribution in [2.75, 3.05) is 6.79 Å². The number of H-pyrrole nitrogens is 1. The number of amides is 1. The summed E-state index contributed by atoms with van der Waals surface area (Å²) in [6.07, 6.45) is 0. The first-order chi connectivity index (χ1) is 12.0. The third kappa shape index (κ3) is 2.74. The third-order valence-electron chi connectivity index (χ3n) is 4.02. The zero-order valence-corrected chi connectivity index (χ0v) is 14.5. The molecule has 1 amide bonds. The van der Waals surface area contributed by atoms with Gasteiger partial charge in [0.05, 0.1) is 10.3 Å². The highest BCUT2D eigenvalue weighted by molar-refractivity contribution is 7.20. The van der Waals surface area contributed by atoms with E-state index in [1.807, 2.05) is 18.2 Å². The maximum absolute atomic E-state index is 12.5. The van der Waals surface area contributed by atoms with E-state index in [0.717, 1.165) is 5.56 Å². The summed E-state index contributed by atoms with van der Waals surface area (Å²) in [5.74, 6) is 1.69. The molecule has 25 heavy (non-hydrogen) atoms. The number of benzene rings is 1.